The minimum Gasteiger partial charge on any atom is -0.343 e. The maximum Gasteiger partial charge on any atom is 0.223 e. The van der Waals surface area contributed by atoms with Crippen LogP contribution in [0.3, 0.4) is 0 Å². The second kappa shape index (κ2) is 11.1. The summed E-state index contributed by atoms with van der Waals surface area (Å²) in [5.74, 6) is 0.863. The number of hydrogen-bond acceptors (Lipinski definition) is 3. The van der Waals surface area contributed by atoms with Crippen LogP contribution < -0.4 is 5.32 Å². The van der Waals surface area contributed by atoms with Crippen molar-refractivity contribution >= 4 is 11.7 Å². The van der Waals surface area contributed by atoms with Crippen LogP contribution in [0, 0.1) is 5.92 Å². The normalized spacial score (nSPS) is 15.2. The van der Waals surface area contributed by atoms with E-state index in [-0.39, 0.29) is 11.7 Å². The maximum absolute atomic E-state index is 12.4. The number of ketones is 1. The van der Waals surface area contributed by atoms with E-state index in [0.29, 0.717) is 18.8 Å². The summed E-state index contributed by atoms with van der Waals surface area (Å²) >= 11 is 0. The molecule has 4 heteroatoms. The fourth-order valence-electron chi connectivity index (χ4n) is 3.63. The van der Waals surface area contributed by atoms with E-state index in [1.54, 1.807) is 0 Å². The Balaban J connectivity index is 1.73. The molecule has 1 N–H and O–H groups in total. The standard InChI is InChI=1S/C22H34N2O2/c1-3-4-5-6-18-7-9-20(10-8-18)21(25)11-12-22(26)24-15-13-19(14-16-24)17-23-2/h7-10,19,23H,3-6,11-17H2,1-2H3. The molecular formula is C22H34N2O2. The molecule has 0 unspecified atom stereocenters. The van der Waals surface area contributed by atoms with Gasteiger partial charge in [-0.1, -0.05) is 44.0 Å². The summed E-state index contributed by atoms with van der Waals surface area (Å²) < 4.78 is 0. The van der Waals surface area contributed by atoms with E-state index in [0.717, 1.165) is 44.5 Å². The Hall–Kier alpha value is -1.68. The number of aryl methyl sites for hydroxylation is 1. The first-order valence-electron chi connectivity index (χ1n) is 10.2. The molecule has 0 radical (unpaired) electrons. The molecule has 0 saturated carbocycles. The Bertz CT molecular complexity index is 560. The van der Waals surface area contributed by atoms with Crippen molar-refractivity contribution in [3.8, 4) is 0 Å². The van der Waals surface area contributed by atoms with E-state index in [9.17, 15) is 9.59 Å². The lowest BCUT2D eigenvalue weighted by Gasteiger charge is -2.32. The lowest BCUT2D eigenvalue weighted by molar-refractivity contribution is -0.132. The number of likely N-dealkylation sites (tertiary alicyclic amines) is 1. The number of hydrogen-bond donors (Lipinski definition) is 1. The van der Waals surface area contributed by atoms with E-state index in [4.69, 9.17) is 0 Å². The van der Waals surface area contributed by atoms with Crippen LogP contribution in [0.5, 0.6) is 0 Å². The Kier molecular flexibility index (Phi) is 8.82. The van der Waals surface area contributed by atoms with Gasteiger partial charge in [-0.3, -0.25) is 9.59 Å². The van der Waals surface area contributed by atoms with Gasteiger partial charge in [-0.15, -0.1) is 0 Å². The molecular weight excluding hydrogens is 324 g/mol. The average Bonchev–Trinajstić information content (AvgIpc) is 2.67. The third-order valence-electron chi connectivity index (χ3n) is 5.37. The molecule has 1 aromatic rings. The Labute approximate surface area is 158 Å². The quantitative estimate of drug-likeness (QED) is 0.511. The maximum atomic E-state index is 12.4. The fraction of sp³-hybridized carbons (Fsp3) is 0.636. The SMILES string of the molecule is CCCCCc1ccc(C(=O)CCC(=O)N2CCC(CNC)CC2)cc1. The number of Topliss-reactive ketones (excluding diaryl/α,β-unsaturated/α-hetero) is 1. The molecule has 1 aliphatic rings. The molecule has 1 amide bonds. The van der Waals surface area contributed by atoms with Gasteiger partial charge in [-0.25, -0.2) is 0 Å². The van der Waals surface area contributed by atoms with Crippen molar-refractivity contribution in [1.82, 2.24) is 10.2 Å². The van der Waals surface area contributed by atoms with Gasteiger partial charge in [0.05, 0.1) is 0 Å². The molecule has 1 fully saturated rings. The molecule has 0 aromatic heterocycles. The van der Waals surface area contributed by atoms with Gasteiger partial charge in [-0.2, -0.15) is 0 Å². The number of carbonyl (C=O) groups excluding carboxylic acids is 2. The van der Waals surface area contributed by atoms with E-state index in [1.165, 1.54) is 24.8 Å². The molecule has 1 saturated heterocycles. The topological polar surface area (TPSA) is 49.4 Å². The minimum absolute atomic E-state index is 0.0727. The summed E-state index contributed by atoms with van der Waals surface area (Å²) in [5, 5.41) is 3.21. The Morgan fingerprint density at radius 3 is 2.38 bits per heavy atom. The van der Waals surface area contributed by atoms with Gasteiger partial charge in [0, 0.05) is 31.5 Å². The summed E-state index contributed by atoms with van der Waals surface area (Å²) in [7, 11) is 1.97. The number of benzene rings is 1. The summed E-state index contributed by atoms with van der Waals surface area (Å²) in [6.07, 6.45) is 7.48. The minimum atomic E-state index is 0.0727. The monoisotopic (exact) mass is 358 g/mol. The zero-order valence-electron chi connectivity index (χ0n) is 16.4. The van der Waals surface area contributed by atoms with Crippen LogP contribution in [0.25, 0.3) is 0 Å². The number of carbonyl (C=O) groups is 2. The van der Waals surface area contributed by atoms with Crippen molar-refractivity contribution in [3.05, 3.63) is 35.4 Å². The van der Waals surface area contributed by atoms with Crippen molar-refractivity contribution < 1.29 is 9.59 Å². The highest BCUT2D eigenvalue weighted by Gasteiger charge is 2.22. The average molecular weight is 359 g/mol. The van der Waals surface area contributed by atoms with Gasteiger partial charge < -0.3 is 10.2 Å². The van der Waals surface area contributed by atoms with Crippen molar-refractivity contribution in [2.24, 2.45) is 5.92 Å². The molecule has 1 aliphatic heterocycles. The van der Waals surface area contributed by atoms with Gasteiger partial charge >= 0.3 is 0 Å². The van der Waals surface area contributed by atoms with Gasteiger partial charge in [0.25, 0.3) is 0 Å². The first kappa shape index (κ1) is 20.6. The predicted molar refractivity (Wildman–Crippen MR) is 106 cm³/mol. The molecule has 2 rings (SSSR count). The summed E-state index contributed by atoms with van der Waals surface area (Å²) in [6, 6.07) is 7.93. The second-order valence-electron chi connectivity index (χ2n) is 7.46. The van der Waals surface area contributed by atoms with Crippen LogP contribution in [0.2, 0.25) is 0 Å². The Morgan fingerprint density at radius 2 is 1.77 bits per heavy atom. The van der Waals surface area contributed by atoms with Crippen LogP contribution in [0.1, 0.15) is 67.8 Å². The third kappa shape index (κ3) is 6.56. The molecule has 0 atom stereocenters. The molecule has 4 nitrogen and oxygen atoms in total. The van der Waals surface area contributed by atoms with Crippen LogP contribution >= 0.6 is 0 Å². The van der Waals surface area contributed by atoms with Crippen molar-refractivity contribution in [1.29, 1.82) is 0 Å². The van der Waals surface area contributed by atoms with Crippen molar-refractivity contribution in [2.75, 3.05) is 26.7 Å². The first-order chi connectivity index (χ1) is 12.6. The van der Waals surface area contributed by atoms with E-state index in [2.05, 4.69) is 24.4 Å². The second-order valence-corrected chi connectivity index (χ2v) is 7.46. The van der Waals surface area contributed by atoms with Gasteiger partial charge in [0.15, 0.2) is 5.78 Å². The number of nitrogens with one attached hydrogen (secondary N) is 1. The highest BCUT2D eigenvalue weighted by molar-refractivity contribution is 5.98. The van der Waals surface area contributed by atoms with Gasteiger partial charge in [0.1, 0.15) is 0 Å². The van der Waals surface area contributed by atoms with Crippen LogP contribution in [0.4, 0.5) is 0 Å². The predicted octanol–water partition coefficient (Wildman–Crippen LogP) is 3.84. The van der Waals surface area contributed by atoms with E-state index >= 15 is 0 Å². The van der Waals surface area contributed by atoms with Gasteiger partial charge in [-0.05, 0) is 50.8 Å². The van der Waals surface area contributed by atoms with Crippen LogP contribution in [0.15, 0.2) is 24.3 Å². The molecule has 0 aliphatic carbocycles. The highest BCUT2D eigenvalue weighted by Crippen LogP contribution is 2.18. The summed E-state index contributed by atoms with van der Waals surface area (Å²) in [4.78, 5) is 26.6. The van der Waals surface area contributed by atoms with E-state index < -0.39 is 0 Å². The molecule has 1 aromatic carbocycles. The molecule has 26 heavy (non-hydrogen) atoms. The number of nitrogens with zero attached hydrogens (tertiary/aromatic N) is 1. The highest BCUT2D eigenvalue weighted by atomic mass is 16.2. The zero-order chi connectivity index (χ0) is 18.8. The number of amides is 1. The first-order valence-corrected chi connectivity index (χ1v) is 10.2. The molecule has 0 bridgehead atoms. The summed E-state index contributed by atoms with van der Waals surface area (Å²) in [6.45, 7) is 4.88. The lowest BCUT2D eigenvalue weighted by atomic mass is 9.96. The third-order valence-corrected chi connectivity index (χ3v) is 5.37. The molecule has 1 heterocycles. The number of rotatable bonds is 10. The number of unbranched alkanes of at least 4 members (excludes halogenated alkanes) is 2. The smallest absolute Gasteiger partial charge is 0.223 e. The fourth-order valence-corrected chi connectivity index (χ4v) is 3.63. The zero-order valence-corrected chi connectivity index (χ0v) is 16.4. The Morgan fingerprint density at radius 1 is 1.08 bits per heavy atom. The van der Waals surface area contributed by atoms with Crippen molar-refractivity contribution in [2.45, 2.75) is 58.3 Å². The van der Waals surface area contributed by atoms with Crippen LogP contribution in [-0.2, 0) is 11.2 Å². The molecule has 144 valence electrons. The lowest BCUT2D eigenvalue weighted by Crippen LogP contribution is -2.40. The van der Waals surface area contributed by atoms with Crippen molar-refractivity contribution in [3.63, 3.8) is 0 Å². The summed E-state index contributed by atoms with van der Waals surface area (Å²) in [5.41, 5.74) is 2.01. The molecule has 0 spiro atoms. The van der Waals surface area contributed by atoms with E-state index in [1.807, 2.05) is 24.1 Å². The number of piperidine rings is 1. The van der Waals surface area contributed by atoms with Gasteiger partial charge in [0.2, 0.25) is 5.91 Å². The largest absolute Gasteiger partial charge is 0.343 e. The van der Waals surface area contributed by atoms with Crippen LogP contribution in [-0.4, -0.2) is 43.3 Å².